The maximum Gasteiger partial charge on any atom is 0.244 e. The molecule has 7 heteroatoms. The molecule has 2 heterocycles. The third-order valence-corrected chi connectivity index (χ3v) is 2.91. The first-order chi connectivity index (χ1) is 8.19. The topological polar surface area (TPSA) is 97.3 Å². The molecule has 0 spiro atoms. The quantitative estimate of drug-likeness (QED) is 0.684. The smallest absolute Gasteiger partial charge is 0.244 e. The molecule has 0 bridgehead atoms. The Bertz CT molecular complexity index is 384. The Hall–Kier alpha value is -1.47. The first kappa shape index (κ1) is 12.0. The average Bonchev–Trinajstić information content (AvgIpc) is 2.77. The normalized spacial score (nSPS) is 17.4. The van der Waals surface area contributed by atoms with Crippen molar-refractivity contribution < 1.29 is 9.90 Å². The van der Waals surface area contributed by atoms with Crippen molar-refractivity contribution in [3.63, 3.8) is 0 Å². The van der Waals surface area contributed by atoms with Crippen molar-refractivity contribution in [3.8, 4) is 0 Å². The second-order valence-electron chi connectivity index (χ2n) is 4.22. The van der Waals surface area contributed by atoms with Crippen molar-refractivity contribution in [2.24, 2.45) is 5.73 Å². The molecule has 94 valence electrons. The van der Waals surface area contributed by atoms with Gasteiger partial charge < -0.3 is 15.7 Å². The van der Waals surface area contributed by atoms with Crippen LogP contribution in [-0.4, -0.2) is 50.1 Å². The SMILES string of the molecule is NCc1cn(CC(=O)N2CCC(O)CC2)nn1. The first-order valence-corrected chi connectivity index (χ1v) is 5.74. The van der Waals surface area contributed by atoms with E-state index in [0.29, 0.717) is 38.2 Å². The molecule has 0 unspecified atom stereocenters. The monoisotopic (exact) mass is 239 g/mol. The predicted molar refractivity (Wildman–Crippen MR) is 59.7 cm³/mol. The summed E-state index contributed by atoms with van der Waals surface area (Å²) in [6.07, 6.45) is 2.71. The molecule has 1 aromatic rings. The van der Waals surface area contributed by atoms with E-state index in [1.807, 2.05) is 0 Å². The number of amides is 1. The number of aromatic nitrogens is 3. The highest BCUT2D eigenvalue weighted by molar-refractivity contribution is 5.75. The van der Waals surface area contributed by atoms with Crippen molar-refractivity contribution in [2.75, 3.05) is 13.1 Å². The fraction of sp³-hybridized carbons (Fsp3) is 0.700. The number of rotatable bonds is 3. The Morgan fingerprint density at radius 1 is 1.53 bits per heavy atom. The third-order valence-electron chi connectivity index (χ3n) is 2.91. The van der Waals surface area contributed by atoms with Gasteiger partial charge in [-0.1, -0.05) is 5.21 Å². The first-order valence-electron chi connectivity index (χ1n) is 5.74. The lowest BCUT2D eigenvalue weighted by molar-refractivity contribution is -0.134. The molecule has 0 aliphatic carbocycles. The number of nitrogens with two attached hydrogens (primary N) is 1. The van der Waals surface area contributed by atoms with E-state index in [4.69, 9.17) is 5.73 Å². The Balaban J connectivity index is 1.88. The third kappa shape index (κ3) is 3.01. The zero-order chi connectivity index (χ0) is 12.3. The molecule has 1 aliphatic heterocycles. The summed E-state index contributed by atoms with van der Waals surface area (Å²) in [6, 6.07) is 0. The van der Waals surface area contributed by atoms with Crippen LogP contribution in [0.25, 0.3) is 0 Å². The van der Waals surface area contributed by atoms with Crippen LogP contribution in [-0.2, 0) is 17.9 Å². The van der Waals surface area contributed by atoms with Crippen LogP contribution < -0.4 is 5.73 Å². The highest BCUT2D eigenvalue weighted by Gasteiger charge is 2.21. The van der Waals surface area contributed by atoms with E-state index in [2.05, 4.69) is 10.3 Å². The molecule has 1 saturated heterocycles. The van der Waals surface area contributed by atoms with E-state index >= 15 is 0 Å². The van der Waals surface area contributed by atoms with Crippen LogP contribution >= 0.6 is 0 Å². The molecule has 1 aliphatic rings. The lowest BCUT2D eigenvalue weighted by atomic mass is 10.1. The van der Waals surface area contributed by atoms with Crippen LogP contribution in [0.2, 0.25) is 0 Å². The van der Waals surface area contributed by atoms with Crippen LogP contribution in [0.15, 0.2) is 6.20 Å². The van der Waals surface area contributed by atoms with Crippen molar-refractivity contribution in [3.05, 3.63) is 11.9 Å². The Labute approximate surface area is 99.2 Å². The summed E-state index contributed by atoms with van der Waals surface area (Å²) in [5.41, 5.74) is 6.09. The second-order valence-corrected chi connectivity index (χ2v) is 4.22. The molecule has 0 radical (unpaired) electrons. The Kier molecular flexibility index (Phi) is 3.70. The summed E-state index contributed by atoms with van der Waals surface area (Å²) in [5.74, 6) is 0.00497. The van der Waals surface area contributed by atoms with Gasteiger partial charge in [0.2, 0.25) is 5.91 Å². The van der Waals surface area contributed by atoms with E-state index in [1.54, 1.807) is 11.1 Å². The van der Waals surface area contributed by atoms with Crippen LogP contribution in [0, 0.1) is 0 Å². The van der Waals surface area contributed by atoms with Gasteiger partial charge in [-0.05, 0) is 12.8 Å². The van der Waals surface area contributed by atoms with Crippen molar-refractivity contribution in [1.29, 1.82) is 0 Å². The second kappa shape index (κ2) is 5.24. The fourth-order valence-corrected chi connectivity index (χ4v) is 1.86. The standard InChI is InChI=1S/C10H17N5O2/c11-5-8-6-15(13-12-8)7-10(17)14-3-1-9(16)2-4-14/h6,9,16H,1-5,7,11H2. The summed E-state index contributed by atoms with van der Waals surface area (Å²) >= 11 is 0. The zero-order valence-corrected chi connectivity index (χ0v) is 9.62. The van der Waals surface area contributed by atoms with Gasteiger partial charge in [0.05, 0.1) is 18.0 Å². The number of hydrogen-bond acceptors (Lipinski definition) is 5. The molecular weight excluding hydrogens is 222 g/mol. The molecule has 3 N–H and O–H groups in total. The molecule has 1 fully saturated rings. The molecular formula is C10H17N5O2. The Morgan fingerprint density at radius 3 is 2.82 bits per heavy atom. The minimum Gasteiger partial charge on any atom is -0.393 e. The van der Waals surface area contributed by atoms with Gasteiger partial charge in [-0.15, -0.1) is 5.10 Å². The number of likely N-dealkylation sites (tertiary alicyclic amines) is 1. The lowest BCUT2D eigenvalue weighted by Gasteiger charge is -2.29. The predicted octanol–water partition coefficient (Wildman–Crippen LogP) is -1.28. The molecule has 0 aromatic carbocycles. The molecule has 0 saturated carbocycles. The van der Waals surface area contributed by atoms with E-state index in [0.717, 1.165) is 0 Å². The van der Waals surface area contributed by atoms with Gasteiger partial charge in [0.25, 0.3) is 0 Å². The zero-order valence-electron chi connectivity index (χ0n) is 9.62. The summed E-state index contributed by atoms with van der Waals surface area (Å²) in [4.78, 5) is 13.6. The summed E-state index contributed by atoms with van der Waals surface area (Å²) in [7, 11) is 0. The van der Waals surface area contributed by atoms with E-state index in [-0.39, 0.29) is 18.6 Å². The summed E-state index contributed by atoms with van der Waals surface area (Å²) in [6.45, 7) is 1.73. The van der Waals surface area contributed by atoms with E-state index < -0.39 is 0 Å². The van der Waals surface area contributed by atoms with Crippen LogP contribution in [0.1, 0.15) is 18.5 Å². The van der Waals surface area contributed by atoms with Gasteiger partial charge in [-0.25, -0.2) is 4.68 Å². The van der Waals surface area contributed by atoms with Crippen LogP contribution in [0.3, 0.4) is 0 Å². The maximum absolute atomic E-state index is 11.9. The van der Waals surface area contributed by atoms with E-state index in [1.165, 1.54) is 4.68 Å². The van der Waals surface area contributed by atoms with Gasteiger partial charge in [-0.2, -0.15) is 0 Å². The highest BCUT2D eigenvalue weighted by Crippen LogP contribution is 2.10. The maximum atomic E-state index is 11.9. The number of piperidine rings is 1. The average molecular weight is 239 g/mol. The Morgan fingerprint density at radius 2 is 2.24 bits per heavy atom. The van der Waals surface area contributed by atoms with Gasteiger partial charge in [-0.3, -0.25) is 4.79 Å². The summed E-state index contributed by atoms with van der Waals surface area (Å²) < 4.78 is 1.50. The van der Waals surface area contributed by atoms with Gasteiger partial charge in [0.1, 0.15) is 6.54 Å². The number of aliphatic hydroxyl groups excluding tert-OH is 1. The molecule has 17 heavy (non-hydrogen) atoms. The van der Waals surface area contributed by atoms with Crippen molar-refractivity contribution >= 4 is 5.91 Å². The van der Waals surface area contributed by atoms with Gasteiger partial charge >= 0.3 is 0 Å². The largest absolute Gasteiger partial charge is 0.393 e. The van der Waals surface area contributed by atoms with Crippen LogP contribution in [0.5, 0.6) is 0 Å². The lowest BCUT2D eigenvalue weighted by Crippen LogP contribution is -2.41. The molecule has 1 amide bonds. The number of nitrogens with zero attached hydrogens (tertiary/aromatic N) is 4. The van der Waals surface area contributed by atoms with Gasteiger partial charge in [0, 0.05) is 19.6 Å². The summed E-state index contributed by atoms with van der Waals surface area (Å²) in [5, 5.41) is 17.0. The minimum absolute atomic E-state index is 0.00497. The molecule has 2 rings (SSSR count). The van der Waals surface area contributed by atoms with Crippen molar-refractivity contribution in [1.82, 2.24) is 19.9 Å². The number of hydrogen-bond donors (Lipinski definition) is 2. The number of carbonyl (C=O) groups excluding carboxylic acids is 1. The van der Waals surface area contributed by atoms with E-state index in [9.17, 15) is 9.90 Å². The fourth-order valence-electron chi connectivity index (χ4n) is 1.86. The molecule has 0 atom stereocenters. The highest BCUT2D eigenvalue weighted by atomic mass is 16.3. The molecule has 7 nitrogen and oxygen atoms in total. The number of carbonyl (C=O) groups is 1. The number of aliphatic hydroxyl groups is 1. The van der Waals surface area contributed by atoms with Crippen LogP contribution in [0.4, 0.5) is 0 Å². The molecule has 1 aromatic heterocycles. The van der Waals surface area contributed by atoms with Gasteiger partial charge in [0.15, 0.2) is 0 Å². The minimum atomic E-state index is -0.269. The van der Waals surface area contributed by atoms with Crippen molar-refractivity contribution in [2.45, 2.75) is 32.0 Å².